The summed E-state index contributed by atoms with van der Waals surface area (Å²) in [5.41, 5.74) is 1.19. The van der Waals surface area contributed by atoms with Crippen LogP contribution in [0.25, 0.3) is 0 Å². The van der Waals surface area contributed by atoms with Crippen molar-refractivity contribution in [1.82, 2.24) is 9.80 Å². The molecule has 2 amide bonds. The van der Waals surface area contributed by atoms with Crippen molar-refractivity contribution in [3.63, 3.8) is 0 Å². The third kappa shape index (κ3) is 4.12. The maximum absolute atomic E-state index is 12.9. The van der Waals surface area contributed by atoms with Crippen LogP contribution in [0.5, 0.6) is 0 Å². The average Bonchev–Trinajstić information content (AvgIpc) is 2.73. The van der Waals surface area contributed by atoms with Gasteiger partial charge in [-0.1, -0.05) is 19.4 Å². The highest BCUT2D eigenvalue weighted by atomic mass is 16.2. The standard InChI is InChI=1S/C19H28N2O2/c1-5-20(4)18(22)16-10-7-11-17(12-16)19(23)21-13-14(2)8-6-9-15(21)3/h7,10-12,14-15H,5-6,8-9,13H2,1-4H3. The first-order chi connectivity index (χ1) is 10.9. The molecule has 0 saturated carbocycles. The molecule has 0 N–H and O–H groups in total. The molecule has 1 heterocycles. The Morgan fingerprint density at radius 1 is 1.22 bits per heavy atom. The Kier molecular flexibility index (Phi) is 5.80. The summed E-state index contributed by atoms with van der Waals surface area (Å²) in [6.45, 7) is 7.71. The van der Waals surface area contributed by atoms with Crippen LogP contribution in [0.1, 0.15) is 60.7 Å². The summed E-state index contributed by atoms with van der Waals surface area (Å²) in [5, 5.41) is 0. The summed E-state index contributed by atoms with van der Waals surface area (Å²) >= 11 is 0. The molecule has 0 aliphatic carbocycles. The molecule has 4 nitrogen and oxygen atoms in total. The van der Waals surface area contributed by atoms with Gasteiger partial charge in [-0.2, -0.15) is 0 Å². The molecular formula is C19H28N2O2. The number of nitrogens with zero attached hydrogens (tertiary/aromatic N) is 2. The summed E-state index contributed by atoms with van der Waals surface area (Å²) in [6.07, 6.45) is 3.40. The van der Waals surface area contributed by atoms with Crippen molar-refractivity contribution in [2.45, 2.75) is 46.1 Å². The van der Waals surface area contributed by atoms with E-state index in [1.807, 2.05) is 17.9 Å². The highest BCUT2D eigenvalue weighted by Crippen LogP contribution is 2.23. The quantitative estimate of drug-likeness (QED) is 0.857. The van der Waals surface area contributed by atoms with Crippen LogP contribution in [0.15, 0.2) is 24.3 Å². The lowest BCUT2D eigenvalue weighted by atomic mass is 10.1. The Bertz CT molecular complexity index is 570. The van der Waals surface area contributed by atoms with Gasteiger partial charge in [-0.15, -0.1) is 0 Å². The summed E-state index contributed by atoms with van der Waals surface area (Å²) in [5.74, 6) is 0.527. The predicted molar refractivity (Wildman–Crippen MR) is 92.6 cm³/mol. The van der Waals surface area contributed by atoms with E-state index in [4.69, 9.17) is 0 Å². The molecule has 0 aromatic heterocycles. The van der Waals surface area contributed by atoms with Crippen LogP contribution in [0.4, 0.5) is 0 Å². The van der Waals surface area contributed by atoms with Crippen LogP contribution in [-0.4, -0.2) is 47.8 Å². The summed E-state index contributed by atoms with van der Waals surface area (Å²) in [6, 6.07) is 7.38. The first-order valence-corrected chi connectivity index (χ1v) is 8.60. The number of hydrogen-bond acceptors (Lipinski definition) is 2. The molecule has 4 heteroatoms. The van der Waals surface area contributed by atoms with Gasteiger partial charge in [-0.3, -0.25) is 9.59 Å². The fourth-order valence-corrected chi connectivity index (χ4v) is 3.12. The highest BCUT2D eigenvalue weighted by Gasteiger charge is 2.26. The van der Waals surface area contributed by atoms with Gasteiger partial charge in [0.2, 0.25) is 0 Å². The van der Waals surface area contributed by atoms with Gasteiger partial charge in [0.1, 0.15) is 0 Å². The lowest BCUT2D eigenvalue weighted by Crippen LogP contribution is -2.40. The van der Waals surface area contributed by atoms with Crippen molar-refractivity contribution in [2.24, 2.45) is 5.92 Å². The summed E-state index contributed by atoms with van der Waals surface area (Å²) in [7, 11) is 1.77. The lowest BCUT2D eigenvalue weighted by Gasteiger charge is -2.29. The van der Waals surface area contributed by atoms with Crippen LogP contribution in [-0.2, 0) is 0 Å². The molecular weight excluding hydrogens is 288 g/mol. The number of carbonyl (C=O) groups is 2. The monoisotopic (exact) mass is 316 g/mol. The number of amides is 2. The smallest absolute Gasteiger partial charge is 0.254 e. The minimum atomic E-state index is -0.0422. The van der Waals surface area contributed by atoms with Gasteiger partial charge in [0, 0.05) is 37.3 Å². The second-order valence-corrected chi connectivity index (χ2v) is 6.74. The maximum atomic E-state index is 12.9. The molecule has 2 rings (SSSR count). The van der Waals surface area contributed by atoms with Crippen molar-refractivity contribution in [1.29, 1.82) is 0 Å². The van der Waals surface area contributed by atoms with Crippen molar-refractivity contribution in [3.05, 3.63) is 35.4 Å². The van der Waals surface area contributed by atoms with Crippen LogP contribution < -0.4 is 0 Å². The molecule has 1 aliphatic rings. The van der Waals surface area contributed by atoms with E-state index in [2.05, 4.69) is 13.8 Å². The van der Waals surface area contributed by atoms with Crippen molar-refractivity contribution < 1.29 is 9.59 Å². The molecule has 23 heavy (non-hydrogen) atoms. The third-order valence-corrected chi connectivity index (χ3v) is 4.80. The minimum absolute atomic E-state index is 0.0417. The van der Waals surface area contributed by atoms with E-state index >= 15 is 0 Å². The largest absolute Gasteiger partial charge is 0.342 e. The Morgan fingerprint density at radius 3 is 2.61 bits per heavy atom. The van der Waals surface area contributed by atoms with Crippen molar-refractivity contribution >= 4 is 11.8 Å². The van der Waals surface area contributed by atoms with Crippen molar-refractivity contribution in [2.75, 3.05) is 20.1 Å². The second-order valence-electron chi connectivity index (χ2n) is 6.74. The zero-order chi connectivity index (χ0) is 17.0. The molecule has 2 unspecified atom stereocenters. The topological polar surface area (TPSA) is 40.6 Å². The van der Waals surface area contributed by atoms with Crippen LogP contribution in [0, 0.1) is 5.92 Å². The van der Waals surface area contributed by atoms with E-state index in [0.717, 1.165) is 13.0 Å². The van der Waals surface area contributed by atoms with E-state index < -0.39 is 0 Å². The zero-order valence-corrected chi connectivity index (χ0v) is 14.7. The first kappa shape index (κ1) is 17.5. The summed E-state index contributed by atoms with van der Waals surface area (Å²) in [4.78, 5) is 28.9. The fourth-order valence-electron chi connectivity index (χ4n) is 3.12. The van der Waals surface area contributed by atoms with Crippen LogP contribution in [0.2, 0.25) is 0 Å². The number of hydrogen-bond donors (Lipinski definition) is 0. The molecule has 1 fully saturated rings. The Balaban J connectivity index is 2.23. The molecule has 0 radical (unpaired) electrons. The summed E-state index contributed by atoms with van der Waals surface area (Å²) < 4.78 is 0. The molecule has 1 aromatic rings. The molecule has 1 saturated heterocycles. The van der Waals surface area contributed by atoms with E-state index in [-0.39, 0.29) is 17.9 Å². The second kappa shape index (κ2) is 7.62. The van der Waals surface area contributed by atoms with Gasteiger partial charge >= 0.3 is 0 Å². The highest BCUT2D eigenvalue weighted by molar-refractivity contribution is 5.99. The first-order valence-electron chi connectivity index (χ1n) is 8.60. The maximum Gasteiger partial charge on any atom is 0.254 e. The average molecular weight is 316 g/mol. The van der Waals surface area contributed by atoms with Gasteiger partial charge in [-0.25, -0.2) is 0 Å². The predicted octanol–water partition coefficient (Wildman–Crippen LogP) is 3.43. The number of likely N-dealkylation sites (tertiary alicyclic amines) is 1. The van der Waals surface area contributed by atoms with E-state index in [1.165, 1.54) is 12.8 Å². The fraction of sp³-hybridized carbons (Fsp3) is 0.579. The SMILES string of the molecule is CCN(C)C(=O)c1cccc(C(=O)N2CC(C)CCCC2C)c1. The van der Waals surface area contributed by atoms with Gasteiger partial charge in [0.05, 0.1) is 0 Å². The minimum Gasteiger partial charge on any atom is -0.342 e. The van der Waals surface area contributed by atoms with E-state index in [0.29, 0.717) is 23.6 Å². The molecule has 2 atom stereocenters. The third-order valence-electron chi connectivity index (χ3n) is 4.80. The molecule has 0 spiro atoms. The molecule has 0 bridgehead atoms. The Morgan fingerprint density at radius 2 is 1.91 bits per heavy atom. The normalized spacial score (nSPS) is 21.7. The van der Waals surface area contributed by atoms with Gasteiger partial charge < -0.3 is 9.80 Å². The van der Waals surface area contributed by atoms with E-state index in [9.17, 15) is 9.59 Å². The van der Waals surface area contributed by atoms with Gasteiger partial charge in [0.15, 0.2) is 0 Å². The Hall–Kier alpha value is -1.84. The molecule has 1 aromatic carbocycles. The lowest BCUT2D eigenvalue weighted by molar-refractivity contribution is 0.0677. The van der Waals surface area contributed by atoms with Gasteiger partial charge in [-0.05, 0) is 50.8 Å². The van der Waals surface area contributed by atoms with Crippen LogP contribution in [0.3, 0.4) is 0 Å². The molecule has 1 aliphatic heterocycles. The number of carbonyl (C=O) groups excluding carboxylic acids is 2. The Labute approximate surface area is 139 Å². The number of benzene rings is 1. The van der Waals surface area contributed by atoms with E-state index in [1.54, 1.807) is 30.1 Å². The van der Waals surface area contributed by atoms with Crippen LogP contribution >= 0.6 is 0 Å². The zero-order valence-electron chi connectivity index (χ0n) is 14.7. The number of rotatable bonds is 3. The molecule has 126 valence electrons. The van der Waals surface area contributed by atoms with Gasteiger partial charge in [0.25, 0.3) is 11.8 Å². The van der Waals surface area contributed by atoms with Crippen molar-refractivity contribution in [3.8, 4) is 0 Å².